The first-order valence-corrected chi connectivity index (χ1v) is 5.36. The van der Waals surface area contributed by atoms with Crippen LogP contribution in [0.15, 0.2) is 18.2 Å². The smallest absolute Gasteiger partial charge is 0.0617 e. The predicted molar refractivity (Wildman–Crippen MR) is 62.4 cm³/mol. The normalized spacial score (nSPS) is 20.2. The predicted octanol–water partition coefficient (Wildman–Crippen LogP) is 2.98. The maximum atomic E-state index is 5.98. The van der Waals surface area contributed by atoms with Gasteiger partial charge in [0, 0.05) is 24.7 Å². The highest BCUT2D eigenvalue weighted by Crippen LogP contribution is 2.33. The second-order valence-electron chi connectivity index (χ2n) is 3.72. The summed E-state index contributed by atoms with van der Waals surface area (Å²) < 4.78 is 0. The molecular formula is C11H15ClN2. The van der Waals surface area contributed by atoms with E-state index in [0.29, 0.717) is 6.04 Å². The van der Waals surface area contributed by atoms with Crippen molar-refractivity contribution < 1.29 is 0 Å². The van der Waals surface area contributed by atoms with Crippen LogP contribution in [0.3, 0.4) is 0 Å². The van der Waals surface area contributed by atoms with Crippen LogP contribution in [0.2, 0.25) is 5.02 Å². The van der Waals surface area contributed by atoms with Crippen molar-refractivity contribution in [2.75, 3.05) is 23.8 Å². The van der Waals surface area contributed by atoms with Crippen molar-refractivity contribution in [1.29, 1.82) is 0 Å². The van der Waals surface area contributed by atoms with Crippen LogP contribution < -0.4 is 10.2 Å². The summed E-state index contributed by atoms with van der Waals surface area (Å²) in [5.41, 5.74) is 2.39. The fourth-order valence-corrected chi connectivity index (χ4v) is 2.09. The fraction of sp³-hybridized carbons (Fsp3) is 0.455. The van der Waals surface area contributed by atoms with E-state index in [-0.39, 0.29) is 0 Å². The van der Waals surface area contributed by atoms with Crippen molar-refractivity contribution in [3.8, 4) is 0 Å². The number of benzene rings is 1. The van der Waals surface area contributed by atoms with E-state index in [4.69, 9.17) is 11.6 Å². The minimum atomic E-state index is 0.570. The van der Waals surface area contributed by atoms with Gasteiger partial charge in [0.15, 0.2) is 0 Å². The van der Waals surface area contributed by atoms with Gasteiger partial charge in [-0.25, -0.2) is 0 Å². The lowest BCUT2D eigenvalue weighted by Gasteiger charge is -2.36. The molecule has 0 bridgehead atoms. The third kappa shape index (κ3) is 1.55. The molecule has 0 saturated heterocycles. The zero-order valence-electron chi connectivity index (χ0n) is 8.55. The van der Waals surface area contributed by atoms with Crippen LogP contribution in [0.4, 0.5) is 11.4 Å². The van der Waals surface area contributed by atoms with Gasteiger partial charge in [-0.1, -0.05) is 18.5 Å². The van der Waals surface area contributed by atoms with Crippen LogP contribution >= 0.6 is 11.6 Å². The molecule has 1 aliphatic rings. The number of likely N-dealkylation sites (N-methyl/N-ethyl adjacent to an activating group) is 1. The third-order valence-electron chi connectivity index (χ3n) is 2.89. The van der Waals surface area contributed by atoms with Crippen LogP contribution in [0.25, 0.3) is 0 Å². The molecule has 76 valence electrons. The molecule has 1 aromatic rings. The number of rotatable bonds is 1. The Labute approximate surface area is 89.9 Å². The molecule has 3 heteroatoms. The molecule has 1 aliphatic heterocycles. The lowest BCUT2D eigenvalue weighted by atomic mass is 10.1. The van der Waals surface area contributed by atoms with E-state index >= 15 is 0 Å². The molecule has 0 fully saturated rings. The van der Waals surface area contributed by atoms with Gasteiger partial charge in [-0.2, -0.15) is 0 Å². The molecular weight excluding hydrogens is 196 g/mol. The zero-order valence-corrected chi connectivity index (χ0v) is 9.30. The molecule has 0 radical (unpaired) electrons. The van der Waals surface area contributed by atoms with E-state index < -0.39 is 0 Å². The van der Waals surface area contributed by atoms with Gasteiger partial charge in [0.1, 0.15) is 0 Å². The summed E-state index contributed by atoms with van der Waals surface area (Å²) in [6, 6.07) is 6.56. The van der Waals surface area contributed by atoms with Gasteiger partial charge in [0.25, 0.3) is 0 Å². The van der Waals surface area contributed by atoms with Gasteiger partial charge in [-0.05, 0) is 24.6 Å². The quantitative estimate of drug-likeness (QED) is 0.767. The van der Waals surface area contributed by atoms with Gasteiger partial charge < -0.3 is 10.2 Å². The van der Waals surface area contributed by atoms with Crippen LogP contribution in [0.5, 0.6) is 0 Å². The summed E-state index contributed by atoms with van der Waals surface area (Å²) >= 11 is 5.98. The second kappa shape index (κ2) is 3.70. The second-order valence-corrected chi connectivity index (χ2v) is 4.15. The Morgan fingerprint density at radius 3 is 3.07 bits per heavy atom. The first kappa shape index (κ1) is 9.66. The summed E-state index contributed by atoms with van der Waals surface area (Å²) in [6.45, 7) is 3.22. The number of anilines is 2. The minimum absolute atomic E-state index is 0.570. The number of fused-ring (bicyclic) bond motifs is 1. The van der Waals surface area contributed by atoms with Crippen molar-refractivity contribution in [3.63, 3.8) is 0 Å². The Kier molecular flexibility index (Phi) is 2.55. The van der Waals surface area contributed by atoms with Crippen LogP contribution in [0.1, 0.15) is 13.3 Å². The molecule has 1 aromatic carbocycles. The average molecular weight is 211 g/mol. The van der Waals surface area contributed by atoms with Gasteiger partial charge in [0.2, 0.25) is 0 Å². The van der Waals surface area contributed by atoms with E-state index in [9.17, 15) is 0 Å². The van der Waals surface area contributed by atoms with Crippen molar-refractivity contribution in [2.45, 2.75) is 19.4 Å². The highest BCUT2D eigenvalue weighted by Gasteiger charge is 2.21. The zero-order chi connectivity index (χ0) is 10.1. The topological polar surface area (TPSA) is 15.3 Å². The van der Waals surface area contributed by atoms with Crippen LogP contribution in [0, 0.1) is 0 Å². The van der Waals surface area contributed by atoms with Crippen molar-refractivity contribution in [2.24, 2.45) is 0 Å². The van der Waals surface area contributed by atoms with E-state index in [1.54, 1.807) is 0 Å². The molecule has 0 amide bonds. The SMILES string of the molecule is CCC1CNc2ccc(Cl)cc2N1C. The van der Waals surface area contributed by atoms with E-state index in [1.165, 1.54) is 11.4 Å². The van der Waals surface area contributed by atoms with Gasteiger partial charge in [-0.15, -0.1) is 0 Å². The molecule has 1 unspecified atom stereocenters. The molecule has 0 spiro atoms. The first-order valence-electron chi connectivity index (χ1n) is 4.98. The maximum Gasteiger partial charge on any atom is 0.0617 e. The number of nitrogens with one attached hydrogen (secondary N) is 1. The Morgan fingerprint density at radius 2 is 2.36 bits per heavy atom. The summed E-state index contributed by atoms with van der Waals surface area (Å²) in [4.78, 5) is 2.30. The largest absolute Gasteiger partial charge is 0.381 e. The Morgan fingerprint density at radius 1 is 1.57 bits per heavy atom. The van der Waals surface area contributed by atoms with Gasteiger partial charge >= 0.3 is 0 Å². The molecule has 1 atom stereocenters. The number of nitrogens with zero attached hydrogens (tertiary/aromatic N) is 1. The van der Waals surface area contributed by atoms with Crippen LogP contribution in [-0.2, 0) is 0 Å². The van der Waals surface area contributed by atoms with E-state index in [0.717, 1.165) is 18.0 Å². The molecule has 0 saturated carbocycles. The molecule has 1 N–H and O–H groups in total. The molecule has 14 heavy (non-hydrogen) atoms. The van der Waals surface area contributed by atoms with Crippen molar-refractivity contribution >= 4 is 23.0 Å². The van der Waals surface area contributed by atoms with E-state index in [1.807, 2.05) is 18.2 Å². The molecule has 2 rings (SSSR count). The highest BCUT2D eigenvalue weighted by atomic mass is 35.5. The van der Waals surface area contributed by atoms with Crippen LogP contribution in [-0.4, -0.2) is 19.6 Å². The first-order chi connectivity index (χ1) is 6.72. The summed E-state index contributed by atoms with van der Waals surface area (Å²) in [7, 11) is 2.13. The summed E-state index contributed by atoms with van der Waals surface area (Å²) in [5.74, 6) is 0. The lowest BCUT2D eigenvalue weighted by Crippen LogP contribution is -2.40. The average Bonchev–Trinajstić information content (AvgIpc) is 2.20. The number of halogens is 1. The van der Waals surface area contributed by atoms with E-state index in [2.05, 4.69) is 24.2 Å². The standard InChI is InChI=1S/C11H15ClN2/c1-3-9-7-13-10-5-4-8(12)6-11(10)14(9)2/h4-6,9,13H,3,7H2,1-2H3. The Balaban J connectivity index is 2.38. The Hall–Kier alpha value is -0.890. The summed E-state index contributed by atoms with van der Waals surface area (Å²) in [5, 5.41) is 4.22. The molecule has 2 nitrogen and oxygen atoms in total. The summed E-state index contributed by atoms with van der Waals surface area (Å²) in [6.07, 6.45) is 1.15. The molecule has 0 aliphatic carbocycles. The minimum Gasteiger partial charge on any atom is -0.381 e. The lowest BCUT2D eigenvalue weighted by molar-refractivity contribution is 0.622. The van der Waals surface area contributed by atoms with Gasteiger partial charge in [-0.3, -0.25) is 0 Å². The Bertz CT molecular complexity index is 338. The van der Waals surface area contributed by atoms with Gasteiger partial charge in [0.05, 0.1) is 11.4 Å². The third-order valence-corrected chi connectivity index (χ3v) is 3.12. The number of hydrogen-bond donors (Lipinski definition) is 1. The highest BCUT2D eigenvalue weighted by molar-refractivity contribution is 6.31. The number of hydrogen-bond acceptors (Lipinski definition) is 2. The molecule has 1 heterocycles. The fourth-order valence-electron chi connectivity index (χ4n) is 1.93. The van der Waals surface area contributed by atoms with Crippen molar-refractivity contribution in [3.05, 3.63) is 23.2 Å². The molecule has 0 aromatic heterocycles. The monoisotopic (exact) mass is 210 g/mol. The van der Waals surface area contributed by atoms with Crippen molar-refractivity contribution in [1.82, 2.24) is 0 Å². The maximum absolute atomic E-state index is 5.98.